The molecule has 6 aromatic carbocycles. The number of benzene rings is 6. The van der Waals surface area contributed by atoms with E-state index < -0.39 is 124 Å². The van der Waals surface area contributed by atoms with Gasteiger partial charge in [-0.05, 0) is 123 Å². The highest BCUT2D eigenvalue weighted by atomic mass is 32.2. The molecule has 16 heteroatoms. The minimum Gasteiger partial charge on any atom is -0.388 e. The maximum absolute atomic E-state index is 14.7. The van der Waals surface area contributed by atoms with Crippen molar-refractivity contribution >= 4 is 64.8 Å². The van der Waals surface area contributed by atoms with Crippen LogP contribution in [0.5, 0.6) is 0 Å². The third-order valence-electron chi connectivity index (χ3n) is 15.1. The largest absolute Gasteiger partial charge is 0.388 e. The second-order valence-corrected chi connectivity index (χ2v) is 29.5. The molecule has 0 fully saturated rings. The molecule has 6 aromatic rings. The Balaban J connectivity index is 1.29. The molecule has 80 heavy (non-hydrogen) atoms. The summed E-state index contributed by atoms with van der Waals surface area (Å²) in [6, 6.07) is 39.7. The van der Waals surface area contributed by atoms with Gasteiger partial charge in [0.15, 0.2) is 19.7 Å². The number of hydrogen-bond acceptors (Lipinski definition) is 10. The fourth-order valence-corrected chi connectivity index (χ4v) is 12.4. The summed E-state index contributed by atoms with van der Waals surface area (Å²) in [4.78, 5) is 58.7. The van der Waals surface area contributed by atoms with Crippen LogP contribution in [0.2, 0.25) is 0 Å². The van der Waals surface area contributed by atoms with Crippen molar-refractivity contribution in [3.8, 4) is 0 Å². The lowest BCUT2D eigenvalue weighted by molar-refractivity contribution is -0.134. The number of sulfone groups is 2. The molecular weight excluding hydrogens is 1050 g/mol. The molecule has 0 aliphatic heterocycles. The molecule has 0 saturated carbocycles. The minimum absolute atomic E-state index is 0.00332. The summed E-state index contributed by atoms with van der Waals surface area (Å²) < 4.78 is 52.9. The summed E-state index contributed by atoms with van der Waals surface area (Å²) in [5, 5.41) is 40.1. The Kier molecular flexibility index (Phi) is 21.1. The molecule has 0 aromatic heterocycles. The summed E-state index contributed by atoms with van der Waals surface area (Å²) in [5.74, 6) is -6.92. The van der Waals surface area contributed by atoms with Gasteiger partial charge in [-0.1, -0.05) is 173 Å². The lowest BCUT2D eigenvalue weighted by Crippen LogP contribution is -2.62. The Morgan fingerprint density at radius 3 is 1.05 bits per heavy atom. The van der Waals surface area contributed by atoms with Crippen molar-refractivity contribution in [1.29, 1.82) is 0 Å². The lowest BCUT2D eigenvalue weighted by Gasteiger charge is -2.35. The topological polar surface area (TPSA) is 225 Å². The van der Waals surface area contributed by atoms with Gasteiger partial charge in [-0.25, -0.2) is 16.8 Å². The number of aliphatic hydroxyl groups is 2. The van der Waals surface area contributed by atoms with E-state index in [2.05, 4.69) is 21.3 Å². The minimum atomic E-state index is -3.85. The third-order valence-corrected chi connectivity index (χ3v) is 20.5. The molecule has 430 valence electrons. The Bertz CT molecular complexity index is 3070. The van der Waals surface area contributed by atoms with E-state index in [1.807, 2.05) is 97.1 Å². The number of aliphatic hydroxyl groups excluding tert-OH is 2. The van der Waals surface area contributed by atoms with E-state index in [0.717, 1.165) is 32.7 Å². The number of carbonyl (C=O) groups excluding carboxylic acids is 4. The summed E-state index contributed by atoms with van der Waals surface area (Å²) in [5.41, 5.74) is 2.92. The van der Waals surface area contributed by atoms with Crippen LogP contribution in [0.3, 0.4) is 0 Å². The Hall–Kier alpha value is -6.46. The predicted octanol–water partition coefficient (Wildman–Crippen LogP) is 7.90. The van der Waals surface area contributed by atoms with E-state index in [-0.39, 0.29) is 25.7 Å². The smallest absolute Gasteiger partial charge is 0.243 e. The van der Waals surface area contributed by atoms with Gasteiger partial charge in [0.25, 0.3) is 0 Å². The first-order chi connectivity index (χ1) is 37.6. The number of fused-ring (bicyclic) bond motifs is 2. The van der Waals surface area contributed by atoms with Gasteiger partial charge < -0.3 is 31.5 Å². The molecule has 6 rings (SSSR count). The van der Waals surface area contributed by atoms with Gasteiger partial charge in [-0.3, -0.25) is 19.2 Å². The van der Waals surface area contributed by atoms with Gasteiger partial charge in [-0.15, -0.1) is 0 Å². The van der Waals surface area contributed by atoms with Crippen molar-refractivity contribution in [2.75, 3.05) is 11.5 Å². The van der Waals surface area contributed by atoms with Gasteiger partial charge in [0.05, 0.1) is 44.9 Å². The summed E-state index contributed by atoms with van der Waals surface area (Å²) in [7, 11) is -7.70. The normalized spacial score (nSPS) is 15.5. The molecule has 0 radical (unpaired) electrons. The van der Waals surface area contributed by atoms with Crippen LogP contribution in [-0.2, 0) is 64.5 Å². The summed E-state index contributed by atoms with van der Waals surface area (Å²) in [6.07, 6.45) is -3.37. The Morgan fingerprint density at radius 1 is 0.412 bits per heavy atom. The van der Waals surface area contributed by atoms with Crippen LogP contribution in [0.4, 0.5) is 0 Å². The average molecular weight is 1130 g/mol. The van der Waals surface area contributed by atoms with E-state index in [4.69, 9.17) is 0 Å². The number of rotatable bonds is 25. The van der Waals surface area contributed by atoms with Crippen molar-refractivity contribution in [3.05, 3.63) is 168 Å². The van der Waals surface area contributed by atoms with E-state index in [9.17, 15) is 46.2 Å². The summed E-state index contributed by atoms with van der Waals surface area (Å²) in [6.45, 7) is 16.4. The third kappa shape index (κ3) is 16.4. The van der Waals surface area contributed by atoms with Gasteiger partial charge >= 0.3 is 0 Å². The van der Waals surface area contributed by atoms with Gasteiger partial charge in [0, 0.05) is 0 Å². The van der Waals surface area contributed by atoms with E-state index in [1.165, 1.54) is 0 Å². The van der Waals surface area contributed by atoms with E-state index in [1.54, 1.807) is 118 Å². The van der Waals surface area contributed by atoms with Gasteiger partial charge in [0.2, 0.25) is 23.6 Å². The number of hydrogen-bond donors (Lipinski definition) is 6. The highest BCUT2D eigenvalue weighted by Gasteiger charge is 2.41. The zero-order valence-electron chi connectivity index (χ0n) is 47.8. The van der Waals surface area contributed by atoms with Crippen molar-refractivity contribution in [2.24, 2.45) is 23.7 Å². The maximum atomic E-state index is 14.7. The molecule has 0 aliphatic rings. The lowest BCUT2D eigenvalue weighted by atomic mass is 9.90. The van der Waals surface area contributed by atoms with Crippen molar-refractivity contribution in [3.63, 3.8) is 0 Å². The fraction of sp³-hybridized carbons (Fsp3) is 0.438. The van der Waals surface area contributed by atoms with Gasteiger partial charge in [-0.2, -0.15) is 0 Å². The van der Waals surface area contributed by atoms with Crippen LogP contribution in [0.1, 0.15) is 91.5 Å². The molecule has 14 nitrogen and oxygen atoms in total. The average Bonchev–Trinajstić information content (AvgIpc) is 3.40. The van der Waals surface area contributed by atoms with Crippen LogP contribution in [-0.4, -0.2) is 108 Å². The highest BCUT2D eigenvalue weighted by Crippen LogP contribution is 2.28. The van der Waals surface area contributed by atoms with Crippen molar-refractivity contribution in [1.82, 2.24) is 21.3 Å². The SMILES string of the molecule is CC(C)[C@H](NC(=O)[C@@H](Cc1cccc2ccccc12)CS(=O)(=O)C(C)(C)C)C(=O)N[C@@H](Cc1ccccc1)[C@@H](O)[C@H](O)[C@H](Cc1ccccc1)NC(=O)[C@@H](NC(=O)[C@@H](Cc1cccc2ccccc12)CS(=O)(=O)C(C)(C)C)C(C)C. The molecule has 0 heterocycles. The molecule has 0 aliphatic carbocycles. The zero-order chi connectivity index (χ0) is 58.7. The number of amides is 4. The van der Waals surface area contributed by atoms with E-state index in [0.29, 0.717) is 11.1 Å². The van der Waals surface area contributed by atoms with Crippen molar-refractivity contribution < 1.29 is 46.2 Å². The molecule has 6 N–H and O–H groups in total. The highest BCUT2D eigenvalue weighted by molar-refractivity contribution is 7.93. The number of nitrogens with one attached hydrogen (secondary N) is 4. The zero-order valence-corrected chi connectivity index (χ0v) is 49.5. The molecule has 8 atom stereocenters. The second kappa shape index (κ2) is 26.9. The molecule has 4 amide bonds. The Labute approximate surface area is 473 Å². The number of carbonyl (C=O) groups is 4. The van der Waals surface area contributed by atoms with Crippen LogP contribution in [0, 0.1) is 23.7 Å². The molecular formula is C64H82N4O10S2. The molecule has 0 spiro atoms. The first kappa shape index (κ1) is 62.7. The predicted molar refractivity (Wildman–Crippen MR) is 319 cm³/mol. The van der Waals surface area contributed by atoms with Crippen LogP contribution in [0.15, 0.2) is 146 Å². The first-order valence-corrected chi connectivity index (χ1v) is 30.9. The molecule has 0 saturated heterocycles. The van der Waals surface area contributed by atoms with Gasteiger partial charge in [0.1, 0.15) is 24.3 Å². The molecule has 0 bridgehead atoms. The van der Waals surface area contributed by atoms with E-state index >= 15 is 0 Å². The first-order valence-electron chi connectivity index (χ1n) is 27.6. The quantitative estimate of drug-likeness (QED) is 0.0325. The van der Waals surface area contributed by atoms with Crippen molar-refractivity contribution in [2.45, 2.75) is 141 Å². The van der Waals surface area contributed by atoms with Crippen LogP contribution in [0.25, 0.3) is 21.5 Å². The van der Waals surface area contributed by atoms with Crippen LogP contribution >= 0.6 is 0 Å². The monoisotopic (exact) mass is 1130 g/mol. The fourth-order valence-electron chi connectivity index (χ4n) is 9.84. The standard InChI is InChI=1S/C64H82N4O10S2/c1-41(2)55(67-59(71)49(39-79(75,76)63(5,6)7)37-47-31-21-29-45-27-17-19-33-51(45)47)61(73)65-53(35-43-23-13-11-14-24-43)57(69)58(70)54(36-44-25-15-12-16-26-44)66-62(74)56(42(3)4)68-60(72)50(40-80(77,78)64(8,9)10)38-48-32-22-30-46-28-18-20-34-52(46)48/h11-34,41-42,49-50,53-58,69-70H,35-40H2,1-10H3,(H,65,73)(H,66,74)(H,67,71)(H,68,72)/t49-,50-,53-,54-,55-,56-,57+,58+/m0/s1. The van der Waals surface area contributed by atoms with Crippen LogP contribution < -0.4 is 21.3 Å². The molecule has 0 unspecified atom stereocenters. The Morgan fingerprint density at radius 2 is 0.725 bits per heavy atom. The second-order valence-electron chi connectivity index (χ2n) is 23.9. The maximum Gasteiger partial charge on any atom is 0.243 e. The summed E-state index contributed by atoms with van der Waals surface area (Å²) >= 11 is 0.